The second kappa shape index (κ2) is 4.64. The van der Waals surface area contributed by atoms with E-state index in [-0.39, 0.29) is 6.61 Å². The maximum absolute atomic E-state index is 11.6. The number of carbonyl (C=O) groups excluding carboxylic acids is 2. The van der Waals surface area contributed by atoms with Crippen LogP contribution >= 0.6 is 0 Å². The van der Waals surface area contributed by atoms with Crippen LogP contribution in [0.4, 0.5) is 10.6 Å². The van der Waals surface area contributed by atoms with Crippen molar-refractivity contribution in [3.8, 4) is 0 Å². The first kappa shape index (κ1) is 14.0. The van der Waals surface area contributed by atoms with Gasteiger partial charge < -0.3 is 16.2 Å². The molecule has 0 aliphatic heterocycles. The van der Waals surface area contributed by atoms with E-state index in [0.29, 0.717) is 4.68 Å². The van der Waals surface area contributed by atoms with Gasteiger partial charge >= 0.3 is 12.0 Å². The van der Waals surface area contributed by atoms with Crippen molar-refractivity contribution in [2.45, 2.75) is 11.9 Å². The van der Waals surface area contributed by atoms with Crippen LogP contribution in [0.15, 0.2) is 5.03 Å². The highest BCUT2D eigenvalue weighted by Crippen LogP contribution is 2.22. The number of amides is 1. The predicted octanol–water partition coefficient (Wildman–Crippen LogP) is -1.03. The van der Waals surface area contributed by atoms with Gasteiger partial charge in [-0.1, -0.05) is 0 Å². The van der Waals surface area contributed by atoms with Gasteiger partial charge in [0.1, 0.15) is 11.4 Å². The van der Waals surface area contributed by atoms with Gasteiger partial charge in [-0.3, -0.25) is 0 Å². The van der Waals surface area contributed by atoms with Crippen LogP contribution in [0.3, 0.4) is 0 Å². The zero-order chi connectivity index (χ0) is 14.1. The highest BCUT2D eigenvalue weighted by Gasteiger charge is 2.30. The Morgan fingerprint density at radius 3 is 2.39 bits per heavy atom. The van der Waals surface area contributed by atoms with Crippen LogP contribution in [-0.2, 0) is 14.6 Å². The van der Waals surface area contributed by atoms with E-state index in [9.17, 15) is 18.0 Å². The number of primary amides is 1. The number of ether oxygens (including phenoxy) is 1. The summed E-state index contributed by atoms with van der Waals surface area (Å²) in [6.45, 7) is 1.55. The molecule has 0 fully saturated rings. The van der Waals surface area contributed by atoms with Gasteiger partial charge in [0.05, 0.1) is 6.61 Å². The summed E-state index contributed by atoms with van der Waals surface area (Å²) in [4.78, 5) is 22.6. The third-order valence-electron chi connectivity index (χ3n) is 1.93. The Labute approximate surface area is 103 Å². The fourth-order valence-electron chi connectivity index (χ4n) is 1.23. The molecule has 4 N–H and O–H groups in total. The molecule has 1 rings (SSSR count). The second-order valence-electron chi connectivity index (χ2n) is 3.31. The summed E-state index contributed by atoms with van der Waals surface area (Å²) in [7, 11) is -3.85. The van der Waals surface area contributed by atoms with Crippen molar-refractivity contribution in [1.29, 1.82) is 0 Å². The van der Waals surface area contributed by atoms with Gasteiger partial charge in [-0.15, -0.1) is 5.10 Å². The molecule has 0 radical (unpaired) electrons. The lowest BCUT2D eigenvalue weighted by atomic mass is 10.3. The Bertz CT molecular complexity index is 603. The number of aromatic nitrogens is 2. The number of carbonyl (C=O) groups is 2. The third kappa shape index (κ3) is 2.42. The molecular weight excluding hydrogens is 264 g/mol. The van der Waals surface area contributed by atoms with E-state index in [1.165, 1.54) is 6.92 Å². The van der Waals surface area contributed by atoms with Crippen molar-refractivity contribution in [2.24, 2.45) is 5.73 Å². The molecule has 1 amide bonds. The highest BCUT2D eigenvalue weighted by atomic mass is 32.2. The van der Waals surface area contributed by atoms with Crippen LogP contribution in [0.1, 0.15) is 17.3 Å². The Hall–Kier alpha value is -2.10. The molecule has 100 valence electrons. The first-order valence-electron chi connectivity index (χ1n) is 4.75. The molecule has 0 atom stereocenters. The summed E-state index contributed by atoms with van der Waals surface area (Å²) in [6, 6.07) is -1.10. The number of hydrogen-bond acceptors (Lipinski definition) is 7. The zero-order valence-electron chi connectivity index (χ0n) is 9.71. The Morgan fingerprint density at radius 2 is 2.00 bits per heavy atom. The minimum atomic E-state index is -3.85. The number of nitrogens with two attached hydrogens (primary N) is 2. The quantitative estimate of drug-likeness (QED) is 0.670. The molecule has 0 unspecified atom stereocenters. The lowest BCUT2D eigenvalue weighted by Crippen LogP contribution is -2.23. The number of nitrogens with zero attached hydrogens (tertiary/aromatic N) is 2. The highest BCUT2D eigenvalue weighted by molar-refractivity contribution is 7.90. The van der Waals surface area contributed by atoms with Crippen molar-refractivity contribution in [3.05, 3.63) is 5.56 Å². The lowest BCUT2D eigenvalue weighted by Gasteiger charge is -2.02. The molecule has 0 saturated heterocycles. The molecule has 0 bridgehead atoms. The zero-order valence-corrected chi connectivity index (χ0v) is 10.5. The van der Waals surface area contributed by atoms with Crippen LogP contribution in [0.5, 0.6) is 0 Å². The van der Waals surface area contributed by atoms with Gasteiger partial charge in [-0.05, 0) is 6.92 Å². The number of nitrogen functional groups attached to an aromatic ring is 1. The van der Waals surface area contributed by atoms with Gasteiger partial charge in [0.15, 0.2) is 14.9 Å². The summed E-state index contributed by atoms with van der Waals surface area (Å²) >= 11 is 0. The summed E-state index contributed by atoms with van der Waals surface area (Å²) in [5, 5.41) is 2.77. The van der Waals surface area contributed by atoms with Crippen LogP contribution in [0.2, 0.25) is 0 Å². The van der Waals surface area contributed by atoms with E-state index < -0.39 is 38.2 Å². The molecule has 0 aromatic carbocycles. The summed E-state index contributed by atoms with van der Waals surface area (Å²) in [5.41, 5.74) is 9.93. The lowest BCUT2D eigenvalue weighted by molar-refractivity contribution is 0.0523. The molecular formula is C8H12N4O5S. The molecule has 9 nitrogen and oxygen atoms in total. The SMILES string of the molecule is CCOC(=O)c1c(S(C)(=O)=O)nn(C(N)=O)c1N. The van der Waals surface area contributed by atoms with Gasteiger partial charge in [-0.25, -0.2) is 18.0 Å². The predicted molar refractivity (Wildman–Crippen MR) is 60.7 cm³/mol. The minimum Gasteiger partial charge on any atom is -0.462 e. The average molecular weight is 276 g/mol. The molecule has 0 aliphatic carbocycles. The van der Waals surface area contributed by atoms with Crippen molar-refractivity contribution >= 4 is 27.7 Å². The van der Waals surface area contributed by atoms with Crippen molar-refractivity contribution in [2.75, 3.05) is 18.6 Å². The fourth-order valence-corrected chi connectivity index (χ4v) is 2.02. The number of rotatable bonds is 3. The summed E-state index contributed by atoms with van der Waals surface area (Å²) < 4.78 is 28.0. The van der Waals surface area contributed by atoms with E-state index >= 15 is 0 Å². The topological polar surface area (TPSA) is 147 Å². The normalized spacial score (nSPS) is 11.2. The maximum Gasteiger partial charge on any atom is 0.344 e. The molecule has 0 spiro atoms. The first-order valence-corrected chi connectivity index (χ1v) is 6.64. The number of anilines is 1. The number of sulfone groups is 1. The Morgan fingerprint density at radius 1 is 1.44 bits per heavy atom. The van der Waals surface area contributed by atoms with Crippen LogP contribution in [0, 0.1) is 0 Å². The van der Waals surface area contributed by atoms with Gasteiger partial charge in [0.2, 0.25) is 0 Å². The van der Waals surface area contributed by atoms with Crippen molar-refractivity contribution in [1.82, 2.24) is 9.78 Å². The Balaban J connectivity index is 3.56. The van der Waals surface area contributed by atoms with Gasteiger partial charge in [-0.2, -0.15) is 4.68 Å². The van der Waals surface area contributed by atoms with E-state index in [4.69, 9.17) is 11.5 Å². The fraction of sp³-hybridized carbons (Fsp3) is 0.375. The summed E-state index contributed by atoms with van der Waals surface area (Å²) in [6.07, 6.45) is 0.822. The van der Waals surface area contributed by atoms with E-state index in [1.807, 2.05) is 0 Å². The van der Waals surface area contributed by atoms with E-state index in [2.05, 4.69) is 9.84 Å². The van der Waals surface area contributed by atoms with E-state index in [0.717, 1.165) is 6.26 Å². The third-order valence-corrected chi connectivity index (χ3v) is 2.92. The second-order valence-corrected chi connectivity index (χ2v) is 5.24. The molecule has 1 aromatic heterocycles. The largest absolute Gasteiger partial charge is 0.462 e. The smallest absolute Gasteiger partial charge is 0.344 e. The van der Waals surface area contributed by atoms with Crippen molar-refractivity contribution < 1.29 is 22.7 Å². The van der Waals surface area contributed by atoms with Crippen molar-refractivity contribution in [3.63, 3.8) is 0 Å². The summed E-state index contributed by atoms with van der Waals surface area (Å²) in [5.74, 6) is -1.45. The molecule has 10 heteroatoms. The van der Waals surface area contributed by atoms with Gasteiger partial charge in [0.25, 0.3) is 0 Å². The van der Waals surface area contributed by atoms with Gasteiger partial charge in [0, 0.05) is 6.26 Å². The first-order chi connectivity index (χ1) is 8.20. The monoisotopic (exact) mass is 276 g/mol. The average Bonchev–Trinajstić information content (AvgIpc) is 2.55. The molecule has 0 saturated carbocycles. The number of esters is 1. The molecule has 18 heavy (non-hydrogen) atoms. The standard InChI is InChI=1S/C8H12N4O5S/c1-3-17-7(13)4-5(9)12(8(10)14)11-6(4)18(2,15)16/h3,9H2,1-2H3,(H2,10,14). The van der Waals surface area contributed by atoms with Crippen LogP contribution < -0.4 is 11.5 Å². The number of hydrogen-bond donors (Lipinski definition) is 2. The van der Waals surface area contributed by atoms with Crippen LogP contribution in [0.25, 0.3) is 0 Å². The molecule has 0 aliphatic rings. The Kier molecular flexibility index (Phi) is 3.60. The van der Waals surface area contributed by atoms with Crippen LogP contribution in [-0.4, -0.2) is 43.1 Å². The molecule has 1 heterocycles. The molecule has 1 aromatic rings. The maximum atomic E-state index is 11.6. The minimum absolute atomic E-state index is 0.0171. The van der Waals surface area contributed by atoms with E-state index in [1.54, 1.807) is 0 Å².